The third-order valence-corrected chi connectivity index (χ3v) is 4.20. The van der Waals surface area contributed by atoms with Crippen molar-refractivity contribution >= 4 is 15.7 Å². The van der Waals surface area contributed by atoms with Gasteiger partial charge in [0.05, 0.1) is 11.5 Å². The maximum absolute atomic E-state index is 11.1. The molecule has 1 aliphatic heterocycles. The molecule has 1 amide bonds. The monoisotopic (exact) mass is 217 g/mol. The van der Waals surface area contributed by atoms with Crippen molar-refractivity contribution in [3.63, 3.8) is 0 Å². The summed E-state index contributed by atoms with van der Waals surface area (Å²) in [6, 6.07) is 0. The second kappa shape index (κ2) is 4.59. The van der Waals surface area contributed by atoms with Gasteiger partial charge in [-0.2, -0.15) is 0 Å². The Bertz CT molecular complexity index is 321. The first-order valence-corrected chi connectivity index (χ1v) is 6.46. The molecular formula is C9H15NO3S. The van der Waals surface area contributed by atoms with Gasteiger partial charge in [0.1, 0.15) is 0 Å². The summed E-state index contributed by atoms with van der Waals surface area (Å²) in [5.41, 5.74) is 0. The molecule has 0 aromatic rings. The number of nitrogens with one attached hydrogen (secondary N) is 1. The predicted octanol–water partition coefficient (Wildman–Crippen LogP) is 0.113. The van der Waals surface area contributed by atoms with E-state index in [-0.39, 0.29) is 17.6 Å². The summed E-state index contributed by atoms with van der Waals surface area (Å²) in [5, 5.41) is 2.63. The van der Waals surface area contributed by atoms with Crippen molar-refractivity contribution in [3.8, 4) is 0 Å². The first kappa shape index (κ1) is 11.2. The standard InChI is InChI=1S/C9H15NO3S/c1-2-9(11)10-5-3-8-4-6-14(12,13)7-8/h2,8H,1,3-7H2,(H,10,11). The predicted molar refractivity (Wildman–Crippen MR) is 54.6 cm³/mol. The minimum absolute atomic E-state index is 0.203. The molecule has 1 unspecified atom stereocenters. The summed E-state index contributed by atoms with van der Waals surface area (Å²) < 4.78 is 22.2. The quantitative estimate of drug-likeness (QED) is 0.680. The maximum Gasteiger partial charge on any atom is 0.243 e. The Morgan fingerprint density at radius 2 is 2.29 bits per heavy atom. The van der Waals surface area contributed by atoms with Crippen LogP contribution in [0.3, 0.4) is 0 Å². The molecule has 80 valence electrons. The van der Waals surface area contributed by atoms with Crippen LogP contribution in [0, 0.1) is 5.92 Å². The highest BCUT2D eigenvalue weighted by atomic mass is 32.2. The van der Waals surface area contributed by atoms with E-state index in [1.165, 1.54) is 6.08 Å². The van der Waals surface area contributed by atoms with Crippen molar-refractivity contribution in [3.05, 3.63) is 12.7 Å². The molecule has 5 heteroatoms. The van der Waals surface area contributed by atoms with E-state index in [4.69, 9.17) is 0 Å². The first-order valence-electron chi connectivity index (χ1n) is 4.64. The molecule has 1 heterocycles. The molecule has 4 nitrogen and oxygen atoms in total. The van der Waals surface area contributed by atoms with Crippen molar-refractivity contribution in [2.24, 2.45) is 5.92 Å². The Morgan fingerprint density at radius 1 is 1.57 bits per heavy atom. The summed E-state index contributed by atoms with van der Waals surface area (Å²) in [6.07, 6.45) is 2.68. The van der Waals surface area contributed by atoms with E-state index in [0.717, 1.165) is 12.8 Å². The molecule has 0 bridgehead atoms. The highest BCUT2D eigenvalue weighted by Crippen LogP contribution is 2.20. The van der Waals surface area contributed by atoms with Crippen LogP contribution < -0.4 is 5.32 Å². The Morgan fingerprint density at radius 3 is 2.79 bits per heavy atom. The number of rotatable bonds is 4. The van der Waals surface area contributed by atoms with Gasteiger partial charge in [0, 0.05) is 6.54 Å². The second-order valence-corrected chi connectivity index (χ2v) is 5.78. The summed E-state index contributed by atoms with van der Waals surface area (Å²) in [7, 11) is -2.78. The average Bonchev–Trinajstić information content (AvgIpc) is 2.45. The molecule has 0 aromatic heterocycles. The van der Waals surface area contributed by atoms with Crippen LogP contribution in [0.5, 0.6) is 0 Å². The van der Waals surface area contributed by atoms with E-state index in [9.17, 15) is 13.2 Å². The molecule has 1 atom stereocenters. The number of amides is 1. The van der Waals surface area contributed by atoms with Crippen LogP contribution in [0.4, 0.5) is 0 Å². The van der Waals surface area contributed by atoms with Crippen molar-refractivity contribution in [2.45, 2.75) is 12.8 Å². The minimum atomic E-state index is -2.78. The lowest BCUT2D eigenvalue weighted by Crippen LogP contribution is -2.24. The lowest BCUT2D eigenvalue weighted by atomic mass is 10.1. The Hall–Kier alpha value is -0.840. The molecule has 1 N–H and O–H groups in total. The van der Waals surface area contributed by atoms with Gasteiger partial charge in [0.15, 0.2) is 9.84 Å². The number of hydrogen-bond donors (Lipinski definition) is 1. The minimum Gasteiger partial charge on any atom is -0.353 e. The largest absolute Gasteiger partial charge is 0.353 e. The van der Waals surface area contributed by atoms with Crippen LogP contribution in [0.1, 0.15) is 12.8 Å². The van der Waals surface area contributed by atoms with Gasteiger partial charge >= 0.3 is 0 Å². The van der Waals surface area contributed by atoms with Crippen LogP contribution in [0.15, 0.2) is 12.7 Å². The molecular weight excluding hydrogens is 202 g/mol. The van der Waals surface area contributed by atoms with Crippen LogP contribution in [0.2, 0.25) is 0 Å². The van der Waals surface area contributed by atoms with Gasteiger partial charge < -0.3 is 5.32 Å². The Balaban J connectivity index is 2.21. The number of carbonyl (C=O) groups is 1. The number of sulfone groups is 1. The van der Waals surface area contributed by atoms with Gasteiger partial charge in [0.2, 0.25) is 5.91 Å². The summed E-state index contributed by atoms with van der Waals surface area (Å²) in [4.78, 5) is 10.8. The number of hydrogen-bond acceptors (Lipinski definition) is 3. The SMILES string of the molecule is C=CC(=O)NCCC1CCS(=O)(=O)C1. The second-order valence-electron chi connectivity index (χ2n) is 3.55. The summed E-state index contributed by atoms with van der Waals surface area (Å²) in [6.45, 7) is 3.86. The molecule has 1 rings (SSSR count). The summed E-state index contributed by atoms with van der Waals surface area (Å²) in [5.74, 6) is 0.584. The van der Waals surface area contributed by atoms with Crippen molar-refractivity contribution in [2.75, 3.05) is 18.1 Å². The van der Waals surface area contributed by atoms with E-state index in [0.29, 0.717) is 12.3 Å². The smallest absolute Gasteiger partial charge is 0.243 e. The lowest BCUT2D eigenvalue weighted by Gasteiger charge is -2.06. The fraction of sp³-hybridized carbons (Fsp3) is 0.667. The number of carbonyl (C=O) groups excluding carboxylic acids is 1. The van der Waals surface area contributed by atoms with Crippen LogP contribution >= 0.6 is 0 Å². The third kappa shape index (κ3) is 3.49. The van der Waals surface area contributed by atoms with Gasteiger partial charge in [-0.1, -0.05) is 6.58 Å². The van der Waals surface area contributed by atoms with Gasteiger partial charge in [0.25, 0.3) is 0 Å². The van der Waals surface area contributed by atoms with Crippen LogP contribution in [0.25, 0.3) is 0 Å². The fourth-order valence-corrected chi connectivity index (χ4v) is 3.48. The zero-order chi connectivity index (χ0) is 10.6. The van der Waals surface area contributed by atoms with E-state index < -0.39 is 9.84 Å². The zero-order valence-electron chi connectivity index (χ0n) is 8.03. The van der Waals surface area contributed by atoms with Gasteiger partial charge in [-0.25, -0.2) is 8.42 Å². The van der Waals surface area contributed by atoms with E-state index in [2.05, 4.69) is 11.9 Å². The van der Waals surface area contributed by atoms with Crippen LogP contribution in [-0.4, -0.2) is 32.4 Å². The topological polar surface area (TPSA) is 63.2 Å². The van der Waals surface area contributed by atoms with Crippen LogP contribution in [-0.2, 0) is 14.6 Å². The molecule has 0 spiro atoms. The summed E-state index contributed by atoms with van der Waals surface area (Å²) >= 11 is 0. The Labute approximate surface area is 84.3 Å². The molecule has 1 saturated heterocycles. The molecule has 0 aromatic carbocycles. The third-order valence-electron chi connectivity index (χ3n) is 2.36. The first-order chi connectivity index (χ1) is 6.53. The van der Waals surface area contributed by atoms with Gasteiger partial charge in [-0.05, 0) is 24.8 Å². The normalized spacial score (nSPS) is 24.4. The molecule has 1 aliphatic rings. The highest BCUT2D eigenvalue weighted by molar-refractivity contribution is 7.91. The van der Waals surface area contributed by atoms with Crippen molar-refractivity contribution in [1.29, 1.82) is 0 Å². The zero-order valence-corrected chi connectivity index (χ0v) is 8.85. The fourth-order valence-electron chi connectivity index (χ4n) is 1.57. The average molecular weight is 217 g/mol. The molecule has 0 aliphatic carbocycles. The van der Waals surface area contributed by atoms with Crippen molar-refractivity contribution < 1.29 is 13.2 Å². The lowest BCUT2D eigenvalue weighted by molar-refractivity contribution is -0.116. The van der Waals surface area contributed by atoms with E-state index in [1.807, 2.05) is 0 Å². The van der Waals surface area contributed by atoms with E-state index >= 15 is 0 Å². The maximum atomic E-state index is 11.1. The highest BCUT2D eigenvalue weighted by Gasteiger charge is 2.27. The van der Waals surface area contributed by atoms with Gasteiger partial charge in [-0.15, -0.1) is 0 Å². The molecule has 1 fully saturated rings. The molecule has 0 saturated carbocycles. The van der Waals surface area contributed by atoms with Gasteiger partial charge in [-0.3, -0.25) is 4.79 Å². The van der Waals surface area contributed by atoms with Crippen molar-refractivity contribution in [1.82, 2.24) is 5.32 Å². The van der Waals surface area contributed by atoms with E-state index in [1.54, 1.807) is 0 Å². The molecule has 14 heavy (non-hydrogen) atoms. The Kier molecular flexibility index (Phi) is 3.69. The molecule has 0 radical (unpaired) electrons.